The largest absolute Gasteiger partial charge is 0.500 e. The zero-order chi connectivity index (χ0) is 14.9. The molecule has 0 aromatic carbocycles. The van der Waals surface area contributed by atoms with E-state index < -0.39 is 16.9 Å². The molecule has 0 saturated heterocycles. The van der Waals surface area contributed by atoms with Gasteiger partial charge in [-0.15, -0.1) is 8.09 Å². The van der Waals surface area contributed by atoms with Gasteiger partial charge in [-0.2, -0.15) is 0 Å². The molecule has 0 rings (SSSR count). The lowest BCUT2D eigenvalue weighted by Gasteiger charge is -2.33. The molecule has 10 heteroatoms. The van der Waals surface area contributed by atoms with E-state index in [9.17, 15) is 0 Å². The Labute approximate surface area is 135 Å². The number of hydrogen-bond acceptors (Lipinski definition) is 7. The monoisotopic (exact) mass is 381 g/mol. The van der Waals surface area contributed by atoms with Crippen molar-refractivity contribution in [2.45, 2.75) is 12.5 Å². The molecule has 0 heterocycles. The van der Waals surface area contributed by atoms with Crippen LogP contribution in [0.2, 0.25) is 6.04 Å². The van der Waals surface area contributed by atoms with Crippen molar-refractivity contribution in [3.63, 3.8) is 0 Å². The van der Waals surface area contributed by atoms with Gasteiger partial charge >= 0.3 is 8.80 Å². The molecule has 116 valence electrons. The van der Waals surface area contributed by atoms with Gasteiger partial charge in [0.05, 0.1) is 0 Å². The van der Waals surface area contributed by atoms with Crippen molar-refractivity contribution in [3.05, 3.63) is 0 Å². The highest BCUT2D eigenvalue weighted by Crippen LogP contribution is 2.70. The second-order valence-corrected chi connectivity index (χ2v) is 19.0. The molecule has 0 aliphatic heterocycles. The van der Waals surface area contributed by atoms with Crippen molar-refractivity contribution in [2.75, 3.05) is 39.6 Å². The molecule has 2 N–H and O–H groups in total. The third-order valence-electron chi connectivity index (χ3n) is 2.40. The summed E-state index contributed by atoms with van der Waals surface area (Å²) in [5.41, 5.74) is 5.67. The van der Waals surface area contributed by atoms with Crippen LogP contribution in [0.25, 0.3) is 0 Å². The Morgan fingerprint density at radius 1 is 1.26 bits per heavy atom. The van der Waals surface area contributed by atoms with E-state index >= 15 is 0 Å². The molecule has 0 amide bonds. The highest BCUT2D eigenvalue weighted by Gasteiger charge is 2.37. The molecular weight excluding hydrogens is 359 g/mol. The van der Waals surface area contributed by atoms with Crippen LogP contribution >= 0.6 is 51.7 Å². The quantitative estimate of drug-likeness (QED) is 0.350. The van der Waals surface area contributed by atoms with Gasteiger partial charge in [0.15, 0.2) is 0 Å². The number of rotatable bonds is 10. The van der Waals surface area contributed by atoms with Gasteiger partial charge in [0.1, 0.15) is 4.32 Å². The topological polar surface area (TPSA) is 53.7 Å². The molecule has 0 bridgehead atoms. The summed E-state index contributed by atoms with van der Waals surface area (Å²) >= 11 is 5.02. The maximum absolute atomic E-state index is 5.67. The van der Waals surface area contributed by atoms with Crippen molar-refractivity contribution in [2.24, 2.45) is 5.73 Å². The van der Waals surface area contributed by atoms with E-state index in [-0.39, 0.29) is 0 Å². The first-order valence-electron chi connectivity index (χ1n) is 5.49. The lowest BCUT2D eigenvalue weighted by atomic mass is 10.6. The Morgan fingerprint density at radius 3 is 2.16 bits per heavy atom. The molecule has 0 aliphatic carbocycles. The Balaban J connectivity index is 4.43. The molecule has 1 unspecified atom stereocenters. The van der Waals surface area contributed by atoms with Gasteiger partial charge in [0.2, 0.25) is 0 Å². The normalized spacial score (nSPS) is 16.9. The molecular formula is C9H23NO3S5Si. The average Bonchev–Trinajstić information content (AvgIpc) is 2.34. The van der Waals surface area contributed by atoms with Crippen LogP contribution in [0.4, 0.5) is 0 Å². The van der Waals surface area contributed by atoms with E-state index in [1.807, 2.05) is 9.83 Å². The SMILES string of the molecule is CO[Si](CCCS(C)(SSC)SC(N)=S)(OC)OC. The van der Waals surface area contributed by atoms with Crippen molar-refractivity contribution in [1.29, 1.82) is 0 Å². The van der Waals surface area contributed by atoms with Crippen LogP contribution in [0.5, 0.6) is 0 Å². The first-order valence-corrected chi connectivity index (χ1v) is 14.5. The standard InChI is InChI=1S/C9H23NO3S5Si/c1-11-19(12-2,13-3)8-6-7-18(5,17-15-4)16-9(10)14/h6-8H2,1-5H3,(H2,10,14). The predicted octanol–water partition coefficient (Wildman–Crippen LogP) is 3.51. The van der Waals surface area contributed by atoms with Crippen LogP contribution in [-0.4, -0.2) is 52.7 Å². The number of nitrogens with two attached hydrogens (primary N) is 1. The minimum Gasteiger partial charge on any atom is -0.384 e. The van der Waals surface area contributed by atoms with Gasteiger partial charge in [-0.1, -0.05) is 23.0 Å². The zero-order valence-electron chi connectivity index (χ0n) is 12.0. The summed E-state index contributed by atoms with van der Waals surface area (Å²) < 4.78 is 16.8. The highest BCUT2D eigenvalue weighted by molar-refractivity contribution is 9.39. The molecule has 0 radical (unpaired) electrons. The van der Waals surface area contributed by atoms with E-state index in [0.717, 1.165) is 18.2 Å². The van der Waals surface area contributed by atoms with Crippen molar-refractivity contribution >= 4 is 64.8 Å². The van der Waals surface area contributed by atoms with Crippen LogP contribution < -0.4 is 5.73 Å². The lowest BCUT2D eigenvalue weighted by molar-refractivity contribution is 0.123. The Hall–Kier alpha value is 1.39. The number of hydrogen-bond donors (Lipinski definition) is 1. The molecule has 4 nitrogen and oxygen atoms in total. The molecule has 19 heavy (non-hydrogen) atoms. The molecule has 0 aromatic rings. The fraction of sp³-hybridized carbons (Fsp3) is 0.889. The van der Waals surface area contributed by atoms with Crippen LogP contribution in [0.15, 0.2) is 0 Å². The number of thiocarbonyl (C=S) groups is 1. The third-order valence-corrected chi connectivity index (χ3v) is 17.6. The van der Waals surface area contributed by atoms with Crippen LogP contribution in [-0.2, 0) is 13.3 Å². The molecule has 1 atom stereocenters. The van der Waals surface area contributed by atoms with E-state index in [4.69, 9.17) is 31.2 Å². The van der Waals surface area contributed by atoms with Crippen molar-refractivity contribution in [3.8, 4) is 0 Å². The van der Waals surface area contributed by atoms with E-state index in [2.05, 4.69) is 12.5 Å². The third kappa shape index (κ3) is 7.81. The summed E-state index contributed by atoms with van der Waals surface area (Å²) in [6.07, 6.45) is 5.30. The Morgan fingerprint density at radius 2 is 1.79 bits per heavy atom. The van der Waals surface area contributed by atoms with Crippen LogP contribution in [0.1, 0.15) is 6.42 Å². The molecule has 0 aliphatic rings. The first-order chi connectivity index (χ1) is 8.87. The van der Waals surface area contributed by atoms with Crippen LogP contribution in [0.3, 0.4) is 0 Å². The van der Waals surface area contributed by atoms with Gasteiger partial charge in [0, 0.05) is 27.4 Å². The first kappa shape index (κ1) is 20.4. The van der Waals surface area contributed by atoms with Gasteiger partial charge in [0.25, 0.3) is 0 Å². The summed E-state index contributed by atoms with van der Waals surface area (Å²) in [6.45, 7) is 0. The van der Waals surface area contributed by atoms with Crippen molar-refractivity contribution in [1.82, 2.24) is 0 Å². The Kier molecular flexibility index (Phi) is 10.9. The smallest absolute Gasteiger partial charge is 0.384 e. The van der Waals surface area contributed by atoms with Gasteiger partial charge in [-0.05, 0) is 45.3 Å². The second kappa shape index (κ2) is 10.2. The van der Waals surface area contributed by atoms with E-state index in [0.29, 0.717) is 4.32 Å². The van der Waals surface area contributed by atoms with Gasteiger partial charge < -0.3 is 19.0 Å². The van der Waals surface area contributed by atoms with E-state index in [1.165, 1.54) is 0 Å². The average molecular weight is 382 g/mol. The summed E-state index contributed by atoms with van der Waals surface area (Å²) in [7, 11) is 6.79. The minimum absolute atomic E-state index is 0.521. The maximum atomic E-state index is 5.67. The van der Waals surface area contributed by atoms with E-state index in [1.54, 1.807) is 42.9 Å². The minimum atomic E-state index is -2.46. The fourth-order valence-electron chi connectivity index (χ4n) is 1.51. The zero-order valence-corrected chi connectivity index (χ0v) is 17.0. The lowest BCUT2D eigenvalue weighted by Crippen LogP contribution is -2.42. The second-order valence-electron chi connectivity index (χ2n) is 3.67. The molecule has 0 fully saturated rings. The molecule has 0 saturated carbocycles. The summed E-state index contributed by atoms with van der Waals surface area (Å²) in [5.74, 6) is 1.05. The Bertz CT molecular complexity index is 274. The predicted molar refractivity (Wildman–Crippen MR) is 100 cm³/mol. The molecule has 0 spiro atoms. The summed E-state index contributed by atoms with van der Waals surface area (Å²) in [4.78, 5) is 0. The van der Waals surface area contributed by atoms with Crippen molar-refractivity contribution < 1.29 is 13.3 Å². The van der Waals surface area contributed by atoms with Crippen LogP contribution in [0, 0.1) is 0 Å². The maximum Gasteiger partial charge on any atom is 0.500 e. The van der Waals surface area contributed by atoms with Gasteiger partial charge in [-0.25, -0.2) is 0 Å². The summed E-state index contributed by atoms with van der Waals surface area (Å²) in [6, 6.07) is 0.811. The van der Waals surface area contributed by atoms with Gasteiger partial charge in [-0.3, -0.25) is 0 Å². The fourth-order valence-corrected chi connectivity index (χ4v) is 16.2. The molecule has 0 aromatic heterocycles. The highest BCUT2D eigenvalue weighted by atomic mass is 33.7. The summed E-state index contributed by atoms with van der Waals surface area (Å²) in [5, 5.41) is 0.